The third-order valence-corrected chi connectivity index (χ3v) is 4.05. The summed E-state index contributed by atoms with van der Waals surface area (Å²) in [6.07, 6.45) is 4.24. The Morgan fingerprint density at radius 3 is 3.15 bits per heavy atom. The predicted molar refractivity (Wildman–Crippen MR) is 76.1 cm³/mol. The molecule has 0 radical (unpaired) electrons. The van der Waals surface area contributed by atoms with Crippen molar-refractivity contribution >= 4 is 0 Å². The molecule has 0 aromatic carbocycles. The first kappa shape index (κ1) is 12.9. The fraction of sp³-hybridized carbons (Fsp3) is 0.467. The van der Waals surface area contributed by atoms with Gasteiger partial charge >= 0.3 is 0 Å². The lowest BCUT2D eigenvalue weighted by molar-refractivity contribution is 0.196. The van der Waals surface area contributed by atoms with Gasteiger partial charge in [-0.05, 0) is 38.4 Å². The Bertz CT molecular complexity index is 605. The Kier molecular flexibility index (Phi) is 3.57. The Balaban J connectivity index is 1.67. The monoisotopic (exact) mass is 269 g/mol. The Morgan fingerprint density at radius 1 is 1.55 bits per heavy atom. The van der Waals surface area contributed by atoms with Gasteiger partial charge in [-0.3, -0.25) is 10.00 Å². The zero-order chi connectivity index (χ0) is 13.9. The molecule has 1 fully saturated rings. The normalized spacial score (nSPS) is 19.9. The van der Waals surface area contributed by atoms with Crippen molar-refractivity contribution in [3.8, 4) is 6.07 Å². The van der Waals surface area contributed by atoms with Crippen molar-refractivity contribution in [1.82, 2.24) is 20.1 Å². The Morgan fingerprint density at radius 2 is 2.45 bits per heavy atom. The summed E-state index contributed by atoms with van der Waals surface area (Å²) in [4.78, 5) is 5.75. The van der Waals surface area contributed by atoms with Crippen LogP contribution in [0.5, 0.6) is 0 Å². The second kappa shape index (κ2) is 5.51. The van der Waals surface area contributed by atoms with Gasteiger partial charge in [0.1, 0.15) is 6.07 Å². The van der Waals surface area contributed by atoms with E-state index in [2.05, 4.69) is 32.2 Å². The number of H-pyrrole nitrogens is 2. The van der Waals surface area contributed by atoms with Crippen LogP contribution in [0.1, 0.15) is 41.4 Å². The Hall–Kier alpha value is -2.06. The van der Waals surface area contributed by atoms with Gasteiger partial charge in [0, 0.05) is 42.3 Å². The van der Waals surface area contributed by atoms with Crippen LogP contribution in [-0.2, 0) is 6.54 Å². The number of aryl methyl sites for hydroxylation is 1. The highest BCUT2D eigenvalue weighted by atomic mass is 15.2. The van der Waals surface area contributed by atoms with Gasteiger partial charge in [0.25, 0.3) is 0 Å². The van der Waals surface area contributed by atoms with Crippen LogP contribution in [0.2, 0.25) is 0 Å². The standard InChI is InChI=1S/C15H19N5/c1-11-13(8-16)7-14(18-11)10-20-6-2-3-12(9-20)15-4-5-17-19-15/h4-5,7,12,18H,2-3,6,9-10H2,1H3,(H,17,19)/t12-/m1/s1. The predicted octanol–water partition coefficient (Wildman–Crippen LogP) is 2.30. The quantitative estimate of drug-likeness (QED) is 0.898. The molecule has 0 unspecified atom stereocenters. The first-order valence-corrected chi connectivity index (χ1v) is 7.06. The molecule has 1 aliphatic heterocycles. The summed E-state index contributed by atoms with van der Waals surface area (Å²) in [5, 5.41) is 16.1. The van der Waals surface area contributed by atoms with Crippen molar-refractivity contribution in [3.05, 3.63) is 41.0 Å². The number of piperidine rings is 1. The van der Waals surface area contributed by atoms with Gasteiger partial charge in [0.05, 0.1) is 5.56 Å². The van der Waals surface area contributed by atoms with E-state index in [0.717, 1.165) is 36.6 Å². The SMILES string of the molecule is Cc1[nH]c(CN2CCC[C@@H](c3ccn[nH]3)C2)cc1C#N. The molecule has 1 aliphatic rings. The van der Waals surface area contributed by atoms with E-state index in [4.69, 9.17) is 5.26 Å². The third-order valence-electron chi connectivity index (χ3n) is 4.05. The van der Waals surface area contributed by atoms with Crippen molar-refractivity contribution in [2.75, 3.05) is 13.1 Å². The van der Waals surface area contributed by atoms with Crippen molar-refractivity contribution in [3.63, 3.8) is 0 Å². The smallest absolute Gasteiger partial charge is 0.101 e. The number of nitrogens with one attached hydrogen (secondary N) is 2. The van der Waals surface area contributed by atoms with E-state index in [1.165, 1.54) is 18.5 Å². The molecule has 1 atom stereocenters. The highest BCUT2D eigenvalue weighted by Crippen LogP contribution is 2.26. The lowest BCUT2D eigenvalue weighted by atomic mass is 9.95. The summed E-state index contributed by atoms with van der Waals surface area (Å²) in [6, 6.07) is 6.26. The highest BCUT2D eigenvalue weighted by Gasteiger charge is 2.22. The number of aromatic amines is 2. The maximum atomic E-state index is 9.01. The third kappa shape index (κ3) is 2.61. The zero-order valence-corrected chi connectivity index (χ0v) is 11.7. The van der Waals surface area contributed by atoms with Gasteiger partial charge in [0.15, 0.2) is 0 Å². The lowest BCUT2D eigenvalue weighted by Crippen LogP contribution is -2.34. The van der Waals surface area contributed by atoms with Crippen molar-refractivity contribution in [1.29, 1.82) is 5.26 Å². The molecule has 1 saturated heterocycles. The summed E-state index contributed by atoms with van der Waals surface area (Å²) < 4.78 is 0. The minimum atomic E-state index is 0.540. The van der Waals surface area contributed by atoms with Gasteiger partial charge in [-0.15, -0.1) is 0 Å². The average Bonchev–Trinajstić information content (AvgIpc) is 3.09. The maximum Gasteiger partial charge on any atom is 0.101 e. The van der Waals surface area contributed by atoms with E-state index in [9.17, 15) is 0 Å². The highest BCUT2D eigenvalue weighted by molar-refractivity contribution is 5.35. The molecule has 104 valence electrons. The first-order valence-electron chi connectivity index (χ1n) is 7.06. The van der Waals surface area contributed by atoms with E-state index >= 15 is 0 Å². The Labute approximate surface area is 118 Å². The average molecular weight is 269 g/mol. The minimum absolute atomic E-state index is 0.540. The summed E-state index contributed by atoms with van der Waals surface area (Å²) in [6.45, 7) is 4.99. The molecule has 2 N–H and O–H groups in total. The number of nitriles is 1. The first-order chi connectivity index (χ1) is 9.76. The molecule has 2 aromatic rings. The molecule has 0 aliphatic carbocycles. The van der Waals surface area contributed by atoms with E-state index in [-0.39, 0.29) is 0 Å². The molecule has 3 rings (SSSR count). The number of likely N-dealkylation sites (tertiary alicyclic amines) is 1. The number of hydrogen-bond acceptors (Lipinski definition) is 3. The second-order valence-electron chi connectivity index (χ2n) is 5.53. The van der Waals surface area contributed by atoms with E-state index < -0.39 is 0 Å². The summed E-state index contributed by atoms with van der Waals surface area (Å²) in [5.74, 6) is 0.540. The van der Waals surface area contributed by atoms with Crippen LogP contribution in [0.3, 0.4) is 0 Å². The summed E-state index contributed by atoms with van der Waals surface area (Å²) in [7, 11) is 0. The molecule has 5 heteroatoms. The molecule has 20 heavy (non-hydrogen) atoms. The van der Waals surface area contributed by atoms with Crippen molar-refractivity contribution < 1.29 is 0 Å². The number of rotatable bonds is 3. The van der Waals surface area contributed by atoms with Gasteiger partial charge in [-0.1, -0.05) is 0 Å². The number of hydrogen-bond donors (Lipinski definition) is 2. The molecule has 3 heterocycles. The van der Waals surface area contributed by atoms with Gasteiger partial charge < -0.3 is 4.98 Å². The number of aromatic nitrogens is 3. The molecule has 0 amide bonds. The fourth-order valence-electron chi connectivity index (χ4n) is 3.02. The van der Waals surface area contributed by atoms with E-state index in [0.29, 0.717) is 5.92 Å². The van der Waals surface area contributed by atoms with Crippen LogP contribution >= 0.6 is 0 Å². The lowest BCUT2D eigenvalue weighted by Gasteiger charge is -2.31. The van der Waals surface area contributed by atoms with E-state index in [1.807, 2.05) is 19.2 Å². The molecule has 2 aromatic heterocycles. The van der Waals surface area contributed by atoms with E-state index in [1.54, 1.807) is 0 Å². The molecular weight excluding hydrogens is 250 g/mol. The van der Waals surface area contributed by atoms with Crippen LogP contribution in [0.25, 0.3) is 0 Å². The molecule has 0 bridgehead atoms. The van der Waals surface area contributed by atoms with Crippen LogP contribution in [0.15, 0.2) is 18.3 Å². The zero-order valence-electron chi connectivity index (χ0n) is 11.7. The minimum Gasteiger partial charge on any atom is -0.360 e. The topological polar surface area (TPSA) is 71.5 Å². The fourth-order valence-corrected chi connectivity index (χ4v) is 3.02. The largest absolute Gasteiger partial charge is 0.360 e. The van der Waals surface area contributed by atoms with Gasteiger partial charge in [-0.2, -0.15) is 10.4 Å². The maximum absolute atomic E-state index is 9.01. The van der Waals surface area contributed by atoms with Crippen molar-refractivity contribution in [2.24, 2.45) is 0 Å². The van der Waals surface area contributed by atoms with Crippen LogP contribution in [0, 0.1) is 18.3 Å². The molecule has 0 spiro atoms. The second-order valence-corrected chi connectivity index (χ2v) is 5.53. The van der Waals surface area contributed by atoms with Crippen molar-refractivity contribution in [2.45, 2.75) is 32.2 Å². The van der Waals surface area contributed by atoms with Crippen LogP contribution < -0.4 is 0 Å². The summed E-state index contributed by atoms with van der Waals surface area (Å²) in [5.41, 5.74) is 4.08. The molecule has 5 nitrogen and oxygen atoms in total. The van der Waals surface area contributed by atoms with Gasteiger partial charge in [-0.25, -0.2) is 0 Å². The number of nitrogens with zero attached hydrogens (tertiary/aromatic N) is 3. The summed E-state index contributed by atoms with van der Waals surface area (Å²) >= 11 is 0. The molecular formula is C15H19N5. The molecule has 0 saturated carbocycles. The van der Waals surface area contributed by atoms with Gasteiger partial charge in [0.2, 0.25) is 0 Å². The van der Waals surface area contributed by atoms with Crippen LogP contribution in [-0.4, -0.2) is 33.2 Å². The van der Waals surface area contributed by atoms with Crippen LogP contribution in [0.4, 0.5) is 0 Å².